The molecule has 2 amide bonds. The normalized spacial score (nSPS) is 10.2. The monoisotopic (exact) mass is 376 g/mol. The Bertz CT molecular complexity index is 748. The van der Waals surface area contributed by atoms with Crippen molar-refractivity contribution in [3.63, 3.8) is 0 Å². The van der Waals surface area contributed by atoms with E-state index in [1.165, 1.54) is 33.2 Å². The standard InChI is InChI=1S/C19H24N2O6/c1-13(22)21(8-7-18(23)20-12-15-6-5-9-27-15)14-10-16(24-2)19(26-4)17(11-14)25-3/h5-6,9-11H,7-8,12H2,1-4H3,(H,20,23). The van der Waals surface area contributed by atoms with Gasteiger partial charge >= 0.3 is 0 Å². The van der Waals surface area contributed by atoms with Crippen LogP contribution in [0.5, 0.6) is 17.2 Å². The third-order valence-corrected chi connectivity index (χ3v) is 3.94. The van der Waals surface area contributed by atoms with Crippen molar-refractivity contribution in [3.8, 4) is 17.2 Å². The molecule has 1 aromatic carbocycles. The van der Waals surface area contributed by atoms with Gasteiger partial charge < -0.3 is 28.8 Å². The van der Waals surface area contributed by atoms with Crippen molar-refractivity contribution in [1.82, 2.24) is 5.32 Å². The number of carbonyl (C=O) groups is 2. The van der Waals surface area contributed by atoms with E-state index < -0.39 is 0 Å². The Morgan fingerprint density at radius 2 is 1.78 bits per heavy atom. The molecule has 0 unspecified atom stereocenters. The van der Waals surface area contributed by atoms with E-state index in [0.717, 1.165) is 0 Å². The number of ether oxygens (including phenoxy) is 3. The summed E-state index contributed by atoms with van der Waals surface area (Å²) in [7, 11) is 4.51. The number of nitrogens with zero attached hydrogens (tertiary/aromatic N) is 1. The van der Waals surface area contributed by atoms with Gasteiger partial charge in [0.15, 0.2) is 11.5 Å². The highest BCUT2D eigenvalue weighted by atomic mass is 16.5. The predicted molar refractivity (Wildman–Crippen MR) is 99.3 cm³/mol. The first-order valence-corrected chi connectivity index (χ1v) is 8.37. The van der Waals surface area contributed by atoms with E-state index in [1.807, 2.05) is 0 Å². The Labute approximate surface area is 158 Å². The Kier molecular flexibility index (Phi) is 7.10. The highest BCUT2D eigenvalue weighted by Gasteiger charge is 2.19. The van der Waals surface area contributed by atoms with Crippen LogP contribution in [0, 0.1) is 0 Å². The van der Waals surface area contributed by atoms with Gasteiger partial charge in [0.2, 0.25) is 17.6 Å². The summed E-state index contributed by atoms with van der Waals surface area (Å²) >= 11 is 0. The van der Waals surface area contributed by atoms with Crippen LogP contribution in [0.4, 0.5) is 5.69 Å². The number of methoxy groups -OCH3 is 3. The molecule has 8 nitrogen and oxygen atoms in total. The van der Waals surface area contributed by atoms with Gasteiger partial charge in [0.1, 0.15) is 5.76 Å². The average molecular weight is 376 g/mol. The second kappa shape index (κ2) is 9.51. The zero-order valence-electron chi connectivity index (χ0n) is 15.9. The van der Waals surface area contributed by atoms with Crippen LogP contribution in [0.15, 0.2) is 34.9 Å². The van der Waals surface area contributed by atoms with Crippen molar-refractivity contribution < 1.29 is 28.2 Å². The van der Waals surface area contributed by atoms with Crippen molar-refractivity contribution in [1.29, 1.82) is 0 Å². The summed E-state index contributed by atoms with van der Waals surface area (Å²) in [6, 6.07) is 6.87. The van der Waals surface area contributed by atoms with Gasteiger partial charge in [0, 0.05) is 32.0 Å². The number of anilines is 1. The van der Waals surface area contributed by atoms with Crippen LogP contribution in [0.1, 0.15) is 19.1 Å². The zero-order valence-corrected chi connectivity index (χ0v) is 15.9. The molecule has 0 saturated heterocycles. The lowest BCUT2D eigenvalue weighted by atomic mass is 10.2. The number of nitrogens with one attached hydrogen (secondary N) is 1. The van der Waals surface area contributed by atoms with Crippen molar-refractivity contribution in [3.05, 3.63) is 36.3 Å². The second-order valence-corrected chi connectivity index (χ2v) is 5.66. The molecule has 146 valence electrons. The van der Waals surface area contributed by atoms with Gasteiger partial charge in [-0.25, -0.2) is 0 Å². The lowest BCUT2D eigenvalue weighted by Crippen LogP contribution is -2.33. The maximum absolute atomic E-state index is 12.1. The fourth-order valence-electron chi connectivity index (χ4n) is 2.59. The molecule has 0 saturated carbocycles. The van der Waals surface area contributed by atoms with E-state index in [1.54, 1.807) is 30.5 Å². The van der Waals surface area contributed by atoms with E-state index in [0.29, 0.717) is 35.2 Å². The summed E-state index contributed by atoms with van der Waals surface area (Å²) in [5, 5.41) is 2.75. The maximum atomic E-state index is 12.1. The summed E-state index contributed by atoms with van der Waals surface area (Å²) in [6.07, 6.45) is 1.68. The number of amides is 2. The predicted octanol–water partition coefficient (Wildman–Crippen LogP) is 2.36. The van der Waals surface area contributed by atoms with Gasteiger partial charge in [-0.1, -0.05) is 0 Å². The van der Waals surface area contributed by atoms with Crippen LogP contribution < -0.4 is 24.4 Å². The lowest BCUT2D eigenvalue weighted by Gasteiger charge is -2.23. The lowest BCUT2D eigenvalue weighted by molar-refractivity contribution is -0.121. The van der Waals surface area contributed by atoms with Gasteiger partial charge in [0.05, 0.1) is 39.8 Å². The fraction of sp³-hybridized carbons (Fsp3) is 0.368. The molecule has 0 aliphatic rings. The van der Waals surface area contributed by atoms with E-state index in [9.17, 15) is 9.59 Å². The van der Waals surface area contributed by atoms with Crippen LogP contribution >= 0.6 is 0 Å². The van der Waals surface area contributed by atoms with E-state index in [2.05, 4.69) is 5.32 Å². The van der Waals surface area contributed by atoms with E-state index in [-0.39, 0.29) is 24.8 Å². The summed E-state index contributed by atoms with van der Waals surface area (Å²) in [4.78, 5) is 25.7. The second-order valence-electron chi connectivity index (χ2n) is 5.66. The number of hydrogen-bond acceptors (Lipinski definition) is 6. The molecule has 2 rings (SSSR count). The number of rotatable bonds is 9. The Hall–Kier alpha value is -3.16. The first kappa shape index (κ1) is 20.2. The summed E-state index contributed by atoms with van der Waals surface area (Å²) < 4.78 is 21.1. The molecule has 2 aromatic rings. The SMILES string of the molecule is COc1cc(N(CCC(=O)NCc2ccco2)C(C)=O)cc(OC)c1OC. The molecule has 0 atom stereocenters. The number of furan rings is 1. The third kappa shape index (κ3) is 5.16. The van der Waals surface area contributed by atoms with Crippen LogP contribution in [-0.2, 0) is 16.1 Å². The third-order valence-electron chi connectivity index (χ3n) is 3.94. The largest absolute Gasteiger partial charge is 0.493 e. The Morgan fingerprint density at radius 3 is 2.26 bits per heavy atom. The molecule has 1 aromatic heterocycles. The van der Waals surface area contributed by atoms with Gasteiger partial charge in [-0.15, -0.1) is 0 Å². The summed E-state index contributed by atoms with van der Waals surface area (Å²) in [5.41, 5.74) is 0.552. The fourth-order valence-corrected chi connectivity index (χ4v) is 2.59. The quantitative estimate of drug-likeness (QED) is 0.723. The molecule has 0 spiro atoms. The smallest absolute Gasteiger partial charge is 0.223 e. The highest BCUT2D eigenvalue weighted by Crippen LogP contribution is 2.41. The van der Waals surface area contributed by atoms with Crippen molar-refractivity contribution in [2.24, 2.45) is 0 Å². The van der Waals surface area contributed by atoms with Crippen LogP contribution in [0.25, 0.3) is 0 Å². The van der Waals surface area contributed by atoms with Gasteiger partial charge in [-0.2, -0.15) is 0 Å². The first-order valence-electron chi connectivity index (χ1n) is 8.37. The molecule has 8 heteroatoms. The van der Waals surface area contributed by atoms with E-state index in [4.69, 9.17) is 18.6 Å². The van der Waals surface area contributed by atoms with Gasteiger partial charge in [-0.3, -0.25) is 9.59 Å². The van der Waals surface area contributed by atoms with Crippen molar-refractivity contribution in [2.75, 3.05) is 32.8 Å². The molecule has 0 radical (unpaired) electrons. The van der Waals surface area contributed by atoms with Gasteiger partial charge in [-0.05, 0) is 12.1 Å². The number of hydrogen-bond donors (Lipinski definition) is 1. The Balaban J connectivity index is 2.10. The average Bonchev–Trinajstić information content (AvgIpc) is 3.18. The molecule has 0 aliphatic heterocycles. The molecule has 1 N–H and O–H groups in total. The summed E-state index contributed by atoms with van der Waals surface area (Å²) in [6.45, 7) is 1.94. The minimum absolute atomic E-state index is 0.136. The van der Waals surface area contributed by atoms with Gasteiger partial charge in [0.25, 0.3) is 0 Å². The molecule has 0 bridgehead atoms. The Morgan fingerprint density at radius 1 is 1.11 bits per heavy atom. The van der Waals surface area contributed by atoms with Crippen LogP contribution in [0.2, 0.25) is 0 Å². The van der Waals surface area contributed by atoms with Crippen molar-refractivity contribution in [2.45, 2.75) is 19.9 Å². The zero-order chi connectivity index (χ0) is 19.8. The molecular formula is C19H24N2O6. The number of benzene rings is 1. The van der Waals surface area contributed by atoms with Crippen LogP contribution in [0.3, 0.4) is 0 Å². The topological polar surface area (TPSA) is 90.2 Å². The van der Waals surface area contributed by atoms with Crippen molar-refractivity contribution >= 4 is 17.5 Å². The van der Waals surface area contributed by atoms with Crippen LogP contribution in [-0.4, -0.2) is 39.7 Å². The molecule has 1 heterocycles. The van der Waals surface area contributed by atoms with E-state index >= 15 is 0 Å². The number of carbonyl (C=O) groups excluding carboxylic acids is 2. The summed E-state index contributed by atoms with van der Waals surface area (Å²) in [5.74, 6) is 1.56. The molecule has 27 heavy (non-hydrogen) atoms. The first-order chi connectivity index (χ1) is 13.0. The minimum atomic E-state index is -0.205. The maximum Gasteiger partial charge on any atom is 0.223 e. The molecule has 0 fully saturated rings. The highest BCUT2D eigenvalue weighted by molar-refractivity contribution is 5.93. The molecule has 0 aliphatic carbocycles. The molecular weight excluding hydrogens is 352 g/mol. The minimum Gasteiger partial charge on any atom is -0.493 e.